The van der Waals surface area contributed by atoms with Crippen LogP contribution in [0.5, 0.6) is 0 Å². The van der Waals surface area contributed by atoms with Gasteiger partial charge in [0.1, 0.15) is 11.2 Å². The number of aromatic carboxylic acids is 1. The van der Waals surface area contributed by atoms with Crippen molar-refractivity contribution in [3.63, 3.8) is 0 Å². The highest BCUT2D eigenvalue weighted by Gasteiger charge is 2.43. The summed E-state index contributed by atoms with van der Waals surface area (Å²) in [5, 5.41) is 12.3. The summed E-state index contributed by atoms with van der Waals surface area (Å²) in [6.07, 6.45) is 0.774. The van der Waals surface area contributed by atoms with E-state index < -0.39 is 17.7 Å². The number of carbonyl (C=O) groups excluding carboxylic acids is 2. The van der Waals surface area contributed by atoms with Crippen LogP contribution >= 0.6 is 0 Å². The number of rotatable bonds is 4. The van der Waals surface area contributed by atoms with E-state index in [4.69, 9.17) is 4.74 Å². The van der Waals surface area contributed by atoms with Crippen LogP contribution in [0.4, 0.5) is 0 Å². The summed E-state index contributed by atoms with van der Waals surface area (Å²) in [6.45, 7) is 7.66. The van der Waals surface area contributed by atoms with E-state index in [1.54, 1.807) is 6.92 Å². The van der Waals surface area contributed by atoms with Gasteiger partial charge in [0.05, 0.1) is 12.2 Å². The number of carboxylic acid groups (broad SMARTS) is 1. The number of hydrogen-bond acceptors (Lipinski definition) is 6. The molecule has 144 valence electrons. The number of pyridine rings is 1. The number of aliphatic imine (C=N–C) groups is 1. The molecule has 0 aliphatic carbocycles. The predicted molar refractivity (Wildman–Crippen MR) is 95.2 cm³/mol. The Morgan fingerprint density at radius 2 is 2.15 bits per heavy atom. The molecule has 0 bridgehead atoms. The first-order valence-electron chi connectivity index (χ1n) is 8.69. The molecule has 27 heavy (non-hydrogen) atoms. The maximum atomic E-state index is 12.3. The molecule has 0 spiro atoms. The molecule has 2 amide bonds. The van der Waals surface area contributed by atoms with E-state index in [9.17, 15) is 19.5 Å². The van der Waals surface area contributed by atoms with Crippen LogP contribution in [0.2, 0.25) is 0 Å². The number of amides is 2. The first kappa shape index (κ1) is 19.0. The van der Waals surface area contributed by atoms with Crippen molar-refractivity contribution in [1.82, 2.24) is 15.2 Å². The molecule has 2 aliphatic heterocycles. The first-order valence-corrected chi connectivity index (χ1v) is 8.69. The molecule has 2 atom stereocenters. The number of ether oxygens (including phenoxy) is 1. The molecule has 2 unspecified atom stereocenters. The largest absolute Gasteiger partial charge is 0.478 e. The molecular formula is C18H22N4O5. The molecule has 0 saturated carbocycles. The molecule has 3 rings (SSSR count). The lowest BCUT2D eigenvalue weighted by Crippen LogP contribution is -2.41. The van der Waals surface area contributed by atoms with E-state index in [-0.39, 0.29) is 34.8 Å². The summed E-state index contributed by atoms with van der Waals surface area (Å²) in [6, 6.07) is 1.41. The third-order valence-corrected chi connectivity index (χ3v) is 5.10. The molecule has 9 heteroatoms. The maximum absolute atomic E-state index is 12.3. The second kappa shape index (κ2) is 6.73. The monoisotopic (exact) mass is 374 g/mol. The minimum atomic E-state index is -1.21. The van der Waals surface area contributed by atoms with E-state index in [0.717, 1.165) is 0 Å². The van der Waals surface area contributed by atoms with E-state index in [2.05, 4.69) is 15.3 Å². The number of amidine groups is 1. The Morgan fingerprint density at radius 3 is 2.70 bits per heavy atom. The zero-order valence-corrected chi connectivity index (χ0v) is 15.6. The van der Waals surface area contributed by atoms with Crippen molar-refractivity contribution in [2.75, 3.05) is 13.2 Å². The Labute approximate surface area is 156 Å². The summed E-state index contributed by atoms with van der Waals surface area (Å²) in [4.78, 5) is 46.0. The SMILES string of the molecule is CC(=O)N1CCOC1c1cnc(C2=NC(C)(C(C)C)C(=O)N2)c(C(=O)O)c1. The van der Waals surface area contributed by atoms with Crippen molar-refractivity contribution in [2.45, 2.75) is 39.5 Å². The average Bonchev–Trinajstić information content (AvgIpc) is 3.20. The lowest BCUT2D eigenvalue weighted by Gasteiger charge is -2.22. The summed E-state index contributed by atoms with van der Waals surface area (Å²) in [5.41, 5.74) is -0.555. The second-order valence-electron chi connectivity index (χ2n) is 7.12. The molecule has 0 aromatic carbocycles. The van der Waals surface area contributed by atoms with Crippen LogP contribution in [-0.2, 0) is 14.3 Å². The van der Waals surface area contributed by atoms with Crippen molar-refractivity contribution < 1.29 is 24.2 Å². The molecule has 9 nitrogen and oxygen atoms in total. The highest BCUT2D eigenvalue weighted by atomic mass is 16.5. The van der Waals surface area contributed by atoms with E-state index in [0.29, 0.717) is 18.7 Å². The van der Waals surface area contributed by atoms with Crippen molar-refractivity contribution in [1.29, 1.82) is 0 Å². The van der Waals surface area contributed by atoms with Gasteiger partial charge in [-0.15, -0.1) is 0 Å². The van der Waals surface area contributed by atoms with Gasteiger partial charge in [0.25, 0.3) is 5.91 Å². The standard InChI is InChI=1S/C18H22N4O5/c1-9(2)18(4)17(26)20-14(21-18)13-12(16(24)25)7-11(8-19-13)15-22(10(3)23)5-6-27-15/h7-9,15H,5-6H2,1-4H3,(H,24,25)(H,20,21,26). The van der Waals surface area contributed by atoms with Crippen LogP contribution in [0.1, 0.15) is 55.5 Å². The fraction of sp³-hybridized carbons (Fsp3) is 0.500. The lowest BCUT2D eigenvalue weighted by atomic mass is 9.89. The predicted octanol–water partition coefficient (Wildman–Crippen LogP) is 0.948. The van der Waals surface area contributed by atoms with Crippen LogP contribution < -0.4 is 5.32 Å². The Hall–Kier alpha value is -2.81. The third kappa shape index (κ3) is 3.18. The van der Waals surface area contributed by atoms with Crippen molar-refractivity contribution >= 4 is 23.6 Å². The van der Waals surface area contributed by atoms with Crippen LogP contribution in [0, 0.1) is 5.92 Å². The molecule has 1 aromatic rings. The van der Waals surface area contributed by atoms with Gasteiger partial charge in [-0.25, -0.2) is 9.79 Å². The van der Waals surface area contributed by atoms with Gasteiger partial charge in [-0.1, -0.05) is 13.8 Å². The van der Waals surface area contributed by atoms with E-state index in [1.165, 1.54) is 24.1 Å². The van der Waals surface area contributed by atoms with Gasteiger partial charge < -0.3 is 20.1 Å². The number of carbonyl (C=O) groups is 3. The maximum Gasteiger partial charge on any atom is 0.338 e. The van der Waals surface area contributed by atoms with Gasteiger partial charge in [0.15, 0.2) is 12.1 Å². The second-order valence-corrected chi connectivity index (χ2v) is 7.12. The zero-order valence-electron chi connectivity index (χ0n) is 15.6. The molecule has 1 aromatic heterocycles. The summed E-state index contributed by atoms with van der Waals surface area (Å²) >= 11 is 0. The number of nitrogens with zero attached hydrogens (tertiary/aromatic N) is 3. The zero-order chi connectivity index (χ0) is 19.9. The summed E-state index contributed by atoms with van der Waals surface area (Å²) < 4.78 is 5.57. The number of aromatic nitrogens is 1. The van der Waals surface area contributed by atoms with E-state index >= 15 is 0 Å². The Morgan fingerprint density at radius 1 is 1.44 bits per heavy atom. The summed E-state index contributed by atoms with van der Waals surface area (Å²) in [5.74, 6) is -1.61. The van der Waals surface area contributed by atoms with Crippen molar-refractivity contribution in [2.24, 2.45) is 10.9 Å². The minimum absolute atomic E-state index is 0.0708. The van der Waals surface area contributed by atoms with Crippen LogP contribution in [-0.4, -0.2) is 57.3 Å². The molecule has 1 fully saturated rings. The van der Waals surface area contributed by atoms with Crippen LogP contribution in [0.25, 0.3) is 0 Å². The van der Waals surface area contributed by atoms with Crippen LogP contribution in [0.3, 0.4) is 0 Å². The summed E-state index contributed by atoms with van der Waals surface area (Å²) in [7, 11) is 0. The van der Waals surface area contributed by atoms with Crippen molar-refractivity contribution in [3.05, 3.63) is 29.1 Å². The number of hydrogen-bond donors (Lipinski definition) is 2. The van der Waals surface area contributed by atoms with Crippen LogP contribution in [0.15, 0.2) is 17.3 Å². The van der Waals surface area contributed by atoms with Gasteiger partial charge in [-0.2, -0.15) is 0 Å². The smallest absolute Gasteiger partial charge is 0.338 e. The van der Waals surface area contributed by atoms with Gasteiger partial charge in [-0.3, -0.25) is 14.6 Å². The third-order valence-electron chi connectivity index (χ3n) is 5.10. The van der Waals surface area contributed by atoms with Gasteiger partial charge >= 0.3 is 5.97 Å². The quantitative estimate of drug-likeness (QED) is 0.809. The fourth-order valence-corrected chi connectivity index (χ4v) is 3.08. The Kier molecular flexibility index (Phi) is 4.73. The average molecular weight is 374 g/mol. The highest BCUT2D eigenvalue weighted by Crippen LogP contribution is 2.30. The van der Waals surface area contributed by atoms with E-state index in [1.807, 2.05) is 13.8 Å². The van der Waals surface area contributed by atoms with Crippen molar-refractivity contribution in [3.8, 4) is 0 Å². The number of carboxylic acids is 1. The molecule has 2 N–H and O–H groups in total. The number of nitrogens with one attached hydrogen (secondary N) is 1. The molecule has 3 heterocycles. The topological polar surface area (TPSA) is 121 Å². The molecule has 2 aliphatic rings. The lowest BCUT2D eigenvalue weighted by molar-refractivity contribution is -0.134. The molecule has 0 radical (unpaired) electrons. The minimum Gasteiger partial charge on any atom is -0.478 e. The normalized spacial score (nSPS) is 24.9. The van der Waals surface area contributed by atoms with Gasteiger partial charge in [-0.05, 0) is 18.9 Å². The molecular weight excluding hydrogens is 352 g/mol. The Balaban J connectivity index is 2.03. The van der Waals surface area contributed by atoms with Gasteiger partial charge in [0.2, 0.25) is 5.91 Å². The molecule has 1 saturated heterocycles. The fourth-order valence-electron chi connectivity index (χ4n) is 3.08. The first-order chi connectivity index (χ1) is 12.6. The Bertz CT molecular complexity index is 850. The van der Waals surface area contributed by atoms with Gasteiger partial charge in [0, 0.05) is 25.2 Å². The highest BCUT2D eigenvalue weighted by molar-refractivity contribution is 6.17.